The molecule has 0 aromatic carbocycles. The molecule has 4 rings (SSSR count). The molecule has 1 aliphatic heterocycles. The standard InChI is InChI=1S/C17H22N6/c1-3-13-8-18-16-15(13)17(20-11-19-16)22-6-4-5-14(10-22)23-9-12(2)7-21-23/h7-9,11,14H,3-6,10H2,1-2H3,(H,18,19,20). The number of fused-ring (bicyclic) bond motifs is 1. The van der Waals surface area contributed by atoms with Crippen molar-refractivity contribution in [2.24, 2.45) is 0 Å². The number of H-pyrrole nitrogens is 1. The van der Waals surface area contributed by atoms with Gasteiger partial charge < -0.3 is 9.88 Å². The first-order valence-corrected chi connectivity index (χ1v) is 8.33. The van der Waals surface area contributed by atoms with Crippen molar-refractivity contribution in [1.82, 2.24) is 24.7 Å². The molecule has 1 aliphatic rings. The van der Waals surface area contributed by atoms with Crippen LogP contribution in [0.5, 0.6) is 0 Å². The Balaban J connectivity index is 1.69. The van der Waals surface area contributed by atoms with Crippen molar-refractivity contribution in [2.75, 3.05) is 18.0 Å². The molecule has 0 aliphatic carbocycles. The van der Waals surface area contributed by atoms with Crippen LogP contribution >= 0.6 is 0 Å². The first kappa shape index (κ1) is 14.2. The van der Waals surface area contributed by atoms with Crippen LogP contribution in [0.15, 0.2) is 24.9 Å². The van der Waals surface area contributed by atoms with E-state index in [0.717, 1.165) is 37.4 Å². The van der Waals surface area contributed by atoms with Crippen molar-refractivity contribution in [2.45, 2.75) is 39.2 Å². The number of nitrogens with one attached hydrogen (secondary N) is 1. The second-order valence-corrected chi connectivity index (χ2v) is 6.33. The summed E-state index contributed by atoms with van der Waals surface area (Å²) in [5.74, 6) is 1.06. The Hall–Kier alpha value is -2.37. The SMILES string of the molecule is CCc1c[nH]c2ncnc(N3CCCC(n4cc(C)cn4)C3)c12. The summed E-state index contributed by atoms with van der Waals surface area (Å²) in [6.07, 6.45) is 11.1. The minimum atomic E-state index is 0.409. The Morgan fingerprint density at radius 3 is 3.04 bits per heavy atom. The first-order valence-electron chi connectivity index (χ1n) is 8.33. The maximum absolute atomic E-state index is 4.61. The molecule has 1 N–H and O–H groups in total. The highest BCUT2D eigenvalue weighted by molar-refractivity contribution is 5.90. The summed E-state index contributed by atoms with van der Waals surface area (Å²) in [5, 5.41) is 5.68. The van der Waals surface area contributed by atoms with Crippen molar-refractivity contribution >= 4 is 16.9 Å². The van der Waals surface area contributed by atoms with Gasteiger partial charge in [-0.2, -0.15) is 5.10 Å². The van der Waals surface area contributed by atoms with E-state index in [-0.39, 0.29) is 0 Å². The Kier molecular flexibility index (Phi) is 3.52. The molecule has 3 aromatic heterocycles. The van der Waals surface area contributed by atoms with Crippen molar-refractivity contribution in [3.05, 3.63) is 36.0 Å². The lowest BCUT2D eigenvalue weighted by Gasteiger charge is -2.34. The molecule has 1 unspecified atom stereocenters. The van der Waals surface area contributed by atoms with Gasteiger partial charge in [-0.3, -0.25) is 4.68 Å². The van der Waals surface area contributed by atoms with Gasteiger partial charge in [-0.1, -0.05) is 6.92 Å². The second-order valence-electron chi connectivity index (χ2n) is 6.33. The molecular weight excluding hydrogens is 288 g/mol. The van der Waals surface area contributed by atoms with Crippen LogP contribution in [0, 0.1) is 6.92 Å². The summed E-state index contributed by atoms with van der Waals surface area (Å²) >= 11 is 0. The fraction of sp³-hybridized carbons (Fsp3) is 0.471. The van der Waals surface area contributed by atoms with E-state index in [9.17, 15) is 0 Å². The number of aryl methyl sites for hydroxylation is 2. The summed E-state index contributed by atoms with van der Waals surface area (Å²) in [5.41, 5.74) is 3.43. The third kappa shape index (κ3) is 2.48. The van der Waals surface area contributed by atoms with Crippen LogP contribution in [0.1, 0.15) is 36.9 Å². The molecule has 4 heterocycles. The molecule has 0 bridgehead atoms. The van der Waals surface area contributed by atoms with Crippen molar-refractivity contribution in [3.63, 3.8) is 0 Å². The average molecular weight is 310 g/mol. The topological polar surface area (TPSA) is 62.6 Å². The predicted molar refractivity (Wildman–Crippen MR) is 90.7 cm³/mol. The Morgan fingerprint density at radius 1 is 1.35 bits per heavy atom. The third-order valence-corrected chi connectivity index (χ3v) is 4.71. The van der Waals surface area contributed by atoms with Crippen LogP contribution in [-0.2, 0) is 6.42 Å². The fourth-order valence-corrected chi connectivity index (χ4v) is 3.52. The molecule has 0 amide bonds. The lowest BCUT2D eigenvalue weighted by molar-refractivity contribution is 0.375. The van der Waals surface area contributed by atoms with Crippen LogP contribution in [0.3, 0.4) is 0 Å². The highest BCUT2D eigenvalue weighted by Crippen LogP contribution is 2.31. The number of aromatic amines is 1. The Labute approximate surface area is 135 Å². The zero-order valence-electron chi connectivity index (χ0n) is 13.7. The van der Waals surface area contributed by atoms with Gasteiger partial charge in [0.15, 0.2) is 0 Å². The Bertz CT molecular complexity index is 817. The highest BCUT2D eigenvalue weighted by Gasteiger charge is 2.25. The lowest BCUT2D eigenvalue weighted by atomic mass is 10.0. The van der Waals surface area contributed by atoms with Gasteiger partial charge in [-0.25, -0.2) is 9.97 Å². The van der Waals surface area contributed by atoms with E-state index in [4.69, 9.17) is 0 Å². The molecule has 1 saturated heterocycles. The molecule has 1 fully saturated rings. The molecule has 0 spiro atoms. The number of rotatable bonds is 3. The number of anilines is 1. The smallest absolute Gasteiger partial charge is 0.143 e. The molecule has 6 nitrogen and oxygen atoms in total. The molecule has 3 aromatic rings. The largest absolute Gasteiger partial charge is 0.354 e. The van der Waals surface area contributed by atoms with Crippen LogP contribution in [0.25, 0.3) is 11.0 Å². The van der Waals surface area contributed by atoms with E-state index in [1.54, 1.807) is 6.33 Å². The number of aromatic nitrogens is 5. The van der Waals surface area contributed by atoms with Gasteiger partial charge in [-0.05, 0) is 37.3 Å². The van der Waals surface area contributed by atoms with Gasteiger partial charge in [0.1, 0.15) is 17.8 Å². The molecular formula is C17H22N6. The monoisotopic (exact) mass is 310 g/mol. The third-order valence-electron chi connectivity index (χ3n) is 4.71. The van der Waals surface area contributed by atoms with Crippen LogP contribution < -0.4 is 4.90 Å². The van der Waals surface area contributed by atoms with Gasteiger partial charge in [-0.15, -0.1) is 0 Å². The zero-order valence-corrected chi connectivity index (χ0v) is 13.7. The van der Waals surface area contributed by atoms with Gasteiger partial charge in [0.05, 0.1) is 17.6 Å². The maximum atomic E-state index is 4.61. The summed E-state index contributed by atoms with van der Waals surface area (Å²) < 4.78 is 2.11. The van der Waals surface area contributed by atoms with Gasteiger partial charge in [0.2, 0.25) is 0 Å². The van der Waals surface area contributed by atoms with E-state index in [2.05, 4.69) is 55.9 Å². The van der Waals surface area contributed by atoms with E-state index in [1.165, 1.54) is 22.9 Å². The number of hydrogen-bond acceptors (Lipinski definition) is 4. The Morgan fingerprint density at radius 2 is 2.26 bits per heavy atom. The summed E-state index contributed by atoms with van der Waals surface area (Å²) in [6, 6.07) is 0.409. The second kappa shape index (κ2) is 5.68. The molecule has 120 valence electrons. The number of nitrogens with zero attached hydrogens (tertiary/aromatic N) is 5. The molecule has 1 atom stereocenters. The van der Waals surface area contributed by atoms with E-state index >= 15 is 0 Å². The summed E-state index contributed by atoms with van der Waals surface area (Å²) in [6.45, 7) is 6.25. The van der Waals surface area contributed by atoms with Crippen molar-refractivity contribution < 1.29 is 0 Å². The van der Waals surface area contributed by atoms with Crippen molar-refractivity contribution in [3.8, 4) is 0 Å². The quantitative estimate of drug-likeness (QED) is 0.808. The van der Waals surface area contributed by atoms with Gasteiger partial charge >= 0.3 is 0 Å². The van der Waals surface area contributed by atoms with E-state index in [0.29, 0.717) is 6.04 Å². The normalized spacial score (nSPS) is 18.7. The van der Waals surface area contributed by atoms with Gasteiger partial charge in [0.25, 0.3) is 0 Å². The first-order chi connectivity index (χ1) is 11.3. The van der Waals surface area contributed by atoms with Gasteiger partial charge in [0, 0.05) is 25.5 Å². The lowest BCUT2D eigenvalue weighted by Crippen LogP contribution is -2.37. The van der Waals surface area contributed by atoms with Crippen molar-refractivity contribution in [1.29, 1.82) is 0 Å². The van der Waals surface area contributed by atoms with Crippen LogP contribution in [0.2, 0.25) is 0 Å². The minimum Gasteiger partial charge on any atom is -0.354 e. The molecule has 6 heteroatoms. The summed E-state index contributed by atoms with van der Waals surface area (Å²) in [7, 11) is 0. The van der Waals surface area contributed by atoms with Crippen LogP contribution in [0.4, 0.5) is 5.82 Å². The predicted octanol–water partition coefficient (Wildman–Crippen LogP) is 2.87. The fourth-order valence-electron chi connectivity index (χ4n) is 3.52. The van der Waals surface area contributed by atoms with Crippen LogP contribution in [-0.4, -0.2) is 37.8 Å². The number of piperidine rings is 1. The minimum absolute atomic E-state index is 0.409. The highest BCUT2D eigenvalue weighted by atomic mass is 15.3. The summed E-state index contributed by atoms with van der Waals surface area (Å²) in [4.78, 5) is 14.6. The molecule has 0 radical (unpaired) electrons. The zero-order chi connectivity index (χ0) is 15.8. The number of hydrogen-bond donors (Lipinski definition) is 1. The van der Waals surface area contributed by atoms with E-state index in [1.807, 2.05) is 6.20 Å². The average Bonchev–Trinajstić information content (AvgIpc) is 3.20. The maximum Gasteiger partial charge on any atom is 0.143 e. The molecule has 0 saturated carbocycles. The molecule has 23 heavy (non-hydrogen) atoms. The van der Waals surface area contributed by atoms with E-state index < -0.39 is 0 Å².